The van der Waals surface area contributed by atoms with Crippen LogP contribution in [0.25, 0.3) is 0 Å². The lowest BCUT2D eigenvalue weighted by molar-refractivity contribution is -0.121. The van der Waals surface area contributed by atoms with Gasteiger partial charge in [-0.1, -0.05) is 30.3 Å². The number of benzene rings is 1. The normalized spacial score (nSPS) is 28.0. The second-order valence-corrected chi connectivity index (χ2v) is 6.80. The van der Waals surface area contributed by atoms with Gasteiger partial charge in [0.1, 0.15) is 0 Å². The van der Waals surface area contributed by atoms with Crippen LogP contribution in [0.5, 0.6) is 0 Å². The summed E-state index contributed by atoms with van der Waals surface area (Å²) in [5, 5.41) is 4.17. The van der Waals surface area contributed by atoms with Crippen LogP contribution in [-0.2, 0) is 11.8 Å². The molecule has 2 aliphatic rings. The number of aryl methyl sites for hydroxylation is 1. The zero-order valence-corrected chi connectivity index (χ0v) is 13.9. The second kappa shape index (κ2) is 6.03. The summed E-state index contributed by atoms with van der Waals surface area (Å²) in [6.07, 6.45) is 4.49. The number of likely N-dealkylation sites (tertiary alicyclic amines) is 1. The lowest BCUT2D eigenvalue weighted by Gasteiger charge is -2.23. The van der Waals surface area contributed by atoms with Crippen LogP contribution in [0.2, 0.25) is 0 Å². The lowest BCUT2D eigenvalue weighted by Crippen LogP contribution is -2.41. The van der Waals surface area contributed by atoms with Gasteiger partial charge in [-0.25, -0.2) is 0 Å². The first kappa shape index (κ1) is 15.4. The molecule has 0 bridgehead atoms. The van der Waals surface area contributed by atoms with E-state index in [1.54, 1.807) is 10.9 Å². The van der Waals surface area contributed by atoms with Crippen molar-refractivity contribution in [3.8, 4) is 0 Å². The topological polar surface area (TPSA) is 67.4 Å². The Balaban J connectivity index is 1.48. The average Bonchev–Trinajstić information content (AvgIpc) is 3.27. The molecule has 126 valence electrons. The Bertz CT molecular complexity index is 728. The van der Waals surface area contributed by atoms with Gasteiger partial charge in [0.15, 0.2) is 0 Å². The average molecular weight is 325 g/mol. The third-order valence-corrected chi connectivity index (χ3v) is 5.24. The summed E-state index contributed by atoms with van der Waals surface area (Å²) in [7, 11) is 1.87. The monoisotopic (exact) mass is 325 g/mol. The predicted octanol–water partition coefficient (Wildman–Crippen LogP) is 0.952. The number of aromatic nitrogens is 2. The molecule has 0 spiro atoms. The van der Waals surface area contributed by atoms with Crippen LogP contribution in [-0.4, -0.2) is 52.3 Å². The Morgan fingerprint density at radius 3 is 2.71 bits per heavy atom. The number of hydrogen-bond donors (Lipinski definition) is 1. The molecule has 2 saturated heterocycles. The molecule has 24 heavy (non-hydrogen) atoms. The molecule has 6 nitrogen and oxygen atoms in total. The van der Waals surface area contributed by atoms with Crippen molar-refractivity contribution in [2.45, 2.75) is 24.4 Å². The van der Waals surface area contributed by atoms with Crippen molar-refractivity contribution in [3.05, 3.63) is 48.3 Å². The molecular formula is C18H23N5O. The smallest absolute Gasteiger partial charge is 0.244 e. The molecule has 1 amide bonds. The Morgan fingerprint density at radius 1 is 1.21 bits per heavy atom. The Hall–Kier alpha value is -2.18. The maximum absolute atomic E-state index is 12.9. The molecular weight excluding hydrogens is 302 g/mol. The van der Waals surface area contributed by atoms with Gasteiger partial charge in [-0.2, -0.15) is 5.10 Å². The van der Waals surface area contributed by atoms with Crippen LogP contribution in [0.4, 0.5) is 5.69 Å². The van der Waals surface area contributed by atoms with Crippen molar-refractivity contribution in [1.29, 1.82) is 0 Å². The number of hydrogen-bond acceptors (Lipinski definition) is 4. The minimum absolute atomic E-state index is 0.0648. The fourth-order valence-electron chi connectivity index (χ4n) is 3.98. The predicted molar refractivity (Wildman–Crippen MR) is 92.7 cm³/mol. The van der Waals surface area contributed by atoms with Gasteiger partial charge in [0, 0.05) is 44.8 Å². The molecule has 2 N–H and O–H groups in total. The highest BCUT2D eigenvalue weighted by molar-refractivity contribution is 5.99. The zero-order valence-electron chi connectivity index (χ0n) is 13.9. The van der Waals surface area contributed by atoms with E-state index in [2.05, 4.69) is 34.3 Å². The minimum atomic E-state index is -0.0648. The number of carbonyl (C=O) groups excluding carboxylic acids is 1. The van der Waals surface area contributed by atoms with Crippen LogP contribution in [0.1, 0.15) is 17.9 Å². The summed E-state index contributed by atoms with van der Waals surface area (Å²) in [5.41, 5.74) is 8.53. The highest BCUT2D eigenvalue weighted by atomic mass is 16.2. The molecule has 2 aliphatic heterocycles. The summed E-state index contributed by atoms with van der Waals surface area (Å²) in [4.78, 5) is 17.0. The lowest BCUT2D eigenvalue weighted by atomic mass is 9.95. The third-order valence-electron chi connectivity index (χ3n) is 5.24. The fraction of sp³-hybridized carbons (Fsp3) is 0.444. The molecule has 2 aromatic rings. The van der Waals surface area contributed by atoms with Crippen LogP contribution in [0.3, 0.4) is 0 Å². The molecule has 6 heteroatoms. The number of nitrogens with zero attached hydrogens (tertiary/aromatic N) is 4. The van der Waals surface area contributed by atoms with Gasteiger partial charge in [-0.3, -0.25) is 14.4 Å². The molecule has 2 fully saturated rings. The molecule has 1 aromatic heterocycles. The minimum Gasteiger partial charge on any atom is -0.326 e. The highest BCUT2D eigenvalue weighted by Crippen LogP contribution is 2.31. The van der Waals surface area contributed by atoms with Crippen LogP contribution >= 0.6 is 0 Å². The maximum atomic E-state index is 12.9. The van der Waals surface area contributed by atoms with Crippen molar-refractivity contribution in [2.24, 2.45) is 12.8 Å². The van der Waals surface area contributed by atoms with E-state index >= 15 is 0 Å². The molecule has 3 heterocycles. The maximum Gasteiger partial charge on any atom is 0.244 e. The summed E-state index contributed by atoms with van der Waals surface area (Å²) < 4.78 is 1.73. The third kappa shape index (κ3) is 2.61. The number of nitrogens with two attached hydrogens (primary N) is 1. The van der Waals surface area contributed by atoms with Crippen molar-refractivity contribution in [2.75, 3.05) is 24.5 Å². The molecule has 3 atom stereocenters. The molecule has 1 unspecified atom stereocenters. The van der Waals surface area contributed by atoms with E-state index < -0.39 is 0 Å². The molecule has 0 saturated carbocycles. The highest BCUT2D eigenvalue weighted by Gasteiger charge is 2.42. The number of anilines is 1. The van der Waals surface area contributed by atoms with Crippen LogP contribution in [0, 0.1) is 0 Å². The summed E-state index contributed by atoms with van der Waals surface area (Å²) in [6, 6.07) is 10.4. The molecule has 0 aliphatic carbocycles. The van der Waals surface area contributed by atoms with E-state index in [0.29, 0.717) is 5.92 Å². The van der Waals surface area contributed by atoms with E-state index in [4.69, 9.17) is 5.73 Å². The van der Waals surface area contributed by atoms with Gasteiger partial charge in [0.05, 0.1) is 17.9 Å². The van der Waals surface area contributed by atoms with Gasteiger partial charge in [-0.15, -0.1) is 0 Å². The SMILES string of the molecule is Cn1cc(N2CCC(N3C[C@@H](N)[C@H](c4ccccc4)C3)C2=O)cn1. The number of amides is 1. The number of carbonyl (C=O) groups is 1. The van der Waals surface area contributed by atoms with Crippen molar-refractivity contribution < 1.29 is 4.79 Å². The van der Waals surface area contributed by atoms with Gasteiger partial charge in [-0.05, 0) is 12.0 Å². The van der Waals surface area contributed by atoms with Crippen molar-refractivity contribution in [1.82, 2.24) is 14.7 Å². The van der Waals surface area contributed by atoms with Crippen LogP contribution in [0.15, 0.2) is 42.7 Å². The van der Waals surface area contributed by atoms with Gasteiger partial charge in [0.25, 0.3) is 0 Å². The first-order chi connectivity index (χ1) is 11.6. The second-order valence-electron chi connectivity index (χ2n) is 6.80. The number of rotatable bonds is 3. The summed E-state index contributed by atoms with van der Waals surface area (Å²) in [5.74, 6) is 0.468. The van der Waals surface area contributed by atoms with Crippen molar-refractivity contribution >= 4 is 11.6 Å². The van der Waals surface area contributed by atoms with Gasteiger partial charge >= 0.3 is 0 Å². The Morgan fingerprint density at radius 2 is 2.00 bits per heavy atom. The van der Waals surface area contributed by atoms with E-state index in [1.807, 2.05) is 24.2 Å². The molecule has 1 aromatic carbocycles. The first-order valence-corrected chi connectivity index (χ1v) is 8.48. The summed E-state index contributed by atoms with van der Waals surface area (Å²) in [6.45, 7) is 2.37. The molecule has 0 radical (unpaired) electrons. The first-order valence-electron chi connectivity index (χ1n) is 8.48. The molecule has 4 rings (SSSR count). The Kier molecular flexibility index (Phi) is 3.86. The fourth-order valence-corrected chi connectivity index (χ4v) is 3.98. The van der Waals surface area contributed by atoms with Gasteiger partial charge in [0.2, 0.25) is 5.91 Å². The largest absolute Gasteiger partial charge is 0.326 e. The van der Waals surface area contributed by atoms with E-state index in [1.165, 1.54) is 5.56 Å². The quantitative estimate of drug-likeness (QED) is 0.912. The van der Waals surface area contributed by atoms with E-state index in [0.717, 1.165) is 31.7 Å². The van der Waals surface area contributed by atoms with E-state index in [9.17, 15) is 4.79 Å². The standard InChI is InChI=1S/C18H23N5O/c1-21-10-14(9-20-21)23-8-7-17(18(23)24)22-11-15(16(19)12-22)13-5-3-2-4-6-13/h2-6,9-10,15-17H,7-8,11-12,19H2,1H3/t15-,16+,17?/m0/s1. The Labute approximate surface area is 141 Å². The van der Waals surface area contributed by atoms with Gasteiger partial charge < -0.3 is 10.6 Å². The zero-order chi connectivity index (χ0) is 16.7. The van der Waals surface area contributed by atoms with E-state index in [-0.39, 0.29) is 18.0 Å². The summed E-state index contributed by atoms with van der Waals surface area (Å²) >= 11 is 0. The van der Waals surface area contributed by atoms with Crippen LogP contribution < -0.4 is 10.6 Å². The van der Waals surface area contributed by atoms with Crippen molar-refractivity contribution in [3.63, 3.8) is 0 Å².